The number of nitrogens with zero attached hydrogens (tertiary/aromatic N) is 3. The second-order valence-corrected chi connectivity index (χ2v) is 10.1. The highest BCUT2D eigenvalue weighted by atomic mass is 16.3. The number of carbonyl (C=O) groups is 2. The zero-order valence-corrected chi connectivity index (χ0v) is 22.4. The lowest BCUT2D eigenvalue weighted by Crippen LogP contribution is -2.26. The summed E-state index contributed by atoms with van der Waals surface area (Å²) in [5.41, 5.74) is 5.18. The summed E-state index contributed by atoms with van der Waals surface area (Å²) in [5.74, 6) is 0.338. The Bertz CT molecular complexity index is 1460. The maximum absolute atomic E-state index is 13.0. The van der Waals surface area contributed by atoms with Crippen LogP contribution in [-0.4, -0.2) is 45.0 Å². The lowest BCUT2D eigenvalue weighted by molar-refractivity contribution is 0.0944. The van der Waals surface area contributed by atoms with Crippen molar-refractivity contribution in [2.45, 2.75) is 33.1 Å². The Hall–Kier alpha value is -4.63. The number of amides is 2. The SMILES string of the molecule is Cc1c(NC(=O)c2ccc(C(C)(C)C)cc2)cccc1-c1ncnc(Nc2ccc(C(=O)NCCO)cc2)n1. The molecule has 4 N–H and O–H groups in total. The molecule has 0 bridgehead atoms. The fourth-order valence-electron chi connectivity index (χ4n) is 3.92. The highest BCUT2D eigenvalue weighted by Gasteiger charge is 2.16. The Kier molecular flexibility index (Phi) is 8.31. The monoisotopic (exact) mass is 524 g/mol. The Morgan fingerprint density at radius 2 is 1.54 bits per heavy atom. The van der Waals surface area contributed by atoms with Crippen LogP contribution in [0.4, 0.5) is 17.3 Å². The van der Waals surface area contributed by atoms with Gasteiger partial charge in [0.25, 0.3) is 11.8 Å². The maximum atomic E-state index is 13.0. The molecule has 4 aromatic rings. The average molecular weight is 525 g/mol. The van der Waals surface area contributed by atoms with Crippen LogP contribution in [0.1, 0.15) is 52.6 Å². The van der Waals surface area contributed by atoms with Crippen LogP contribution in [0, 0.1) is 6.92 Å². The lowest BCUT2D eigenvalue weighted by Gasteiger charge is -2.19. The van der Waals surface area contributed by atoms with Gasteiger partial charge in [0.2, 0.25) is 5.95 Å². The van der Waals surface area contributed by atoms with Gasteiger partial charge in [-0.3, -0.25) is 9.59 Å². The first kappa shape index (κ1) is 27.4. The molecule has 0 spiro atoms. The summed E-state index contributed by atoms with van der Waals surface area (Å²) < 4.78 is 0. The zero-order valence-electron chi connectivity index (χ0n) is 22.4. The Morgan fingerprint density at radius 1 is 0.872 bits per heavy atom. The van der Waals surface area contributed by atoms with Crippen molar-refractivity contribution in [3.8, 4) is 11.4 Å². The van der Waals surface area contributed by atoms with Gasteiger partial charge in [-0.05, 0) is 65.9 Å². The van der Waals surface area contributed by atoms with Crippen LogP contribution in [0.25, 0.3) is 11.4 Å². The molecule has 9 heteroatoms. The predicted molar refractivity (Wildman–Crippen MR) is 152 cm³/mol. The molecular formula is C30H32N6O3. The molecule has 0 radical (unpaired) electrons. The van der Waals surface area contributed by atoms with Crippen molar-refractivity contribution >= 4 is 29.1 Å². The van der Waals surface area contributed by atoms with Gasteiger partial charge >= 0.3 is 0 Å². The van der Waals surface area contributed by atoms with E-state index in [1.54, 1.807) is 24.3 Å². The zero-order chi connectivity index (χ0) is 28.0. The van der Waals surface area contributed by atoms with E-state index >= 15 is 0 Å². The molecule has 0 aliphatic rings. The summed E-state index contributed by atoms with van der Waals surface area (Å²) in [6.07, 6.45) is 1.42. The molecule has 0 unspecified atom stereocenters. The fraction of sp³-hybridized carbons (Fsp3) is 0.233. The van der Waals surface area contributed by atoms with Crippen molar-refractivity contribution < 1.29 is 14.7 Å². The number of aliphatic hydroxyl groups is 1. The van der Waals surface area contributed by atoms with E-state index in [1.165, 1.54) is 6.33 Å². The van der Waals surface area contributed by atoms with Crippen LogP contribution in [0.2, 0.25) is 0 Å². The summed E-state index contributed by atoms with van der Waals surface area (Å²) in [6.45, 7) is 8.39. The Morgan fingerprint density at radius 3 is 2.21 bits per heavy atom. The molecule has 0 fully saturated rings. The molecular weight excluding hydrogens is 492 g/mol. The molecule has 39 heavy (non-hydrogen) atoms. The highest BCUT2D eigenvalue weighted by Crippen LogP contribution is 2.28. The van der Waals surface area contributed by atoms with E-state index in [9.17, 15) is 9.59 Å². The molecule has 4 rings (SSSR count). The molecule has 9 nitrogen and oxygen atoms in total. The van der Waals surface area contributed by atoms with Crippen LogP contribution in [0.3, 0.4) is 0 Å². The van der Waals surface area contributed by atoms with Crippen LogP contribution in [0.15, 0.2) is 73.1 Å². The van der Waals surface area contributed by atoms with Gasteiger partial charge in [-0.25, -0.2) is 9.97 Å². The topological polar surface area (TPSA) is 129 Å². The van der Waals surface area contributed by atoms with Crippen molar-refractivity contribution in [2.24, 2.45) is 0 Å². The van der Waals surface area contributed by atoms with Crippen molar-refractivity contribution in [1.82, 2.24) is 20.3 Å². The standard InChI is InChI=1S/C30H32N6O3/c1-19-24(6-5-7-25(19)35-28(39)21-8-12-22(13-9-21)30(2,3)4)26-32-18-33-29(36-26)34-23-14-10-20(11-15-23)27(38)31-16-17-37/h5-15,18,37H,16-17H2,1-4H3,(H,31,38)(H,35,39)(H,32,33,34,36). The van der Waals surface area contributed by atoms with E-state index in [2.05, 4.69) is 51.7 Å². The van der Waals surface area contributed by atoms with Gasteiger partial charge < -0.3 is 21.1 Å². The van der Waals surface area contributed by atoms with Gasteiger partial charge in [-0.1, -0.05) is 45.0 Å². The number of hydrogen-bond donors (Lipinski definition) is 4. The van der Waals surface area contributed by atoms with Crippen molar-refractivity contribution in [3.63, 3.8) is 0 Å². The van der Waals surface area contributed by atoms with E-state index in [-0.39, 0.29) is 30.4 Å². The Labute approximate surface area is 227 Å². The normalized spacial score (nSPS) is 11.1. The number of carbonyl (C=O) groups excluding carboxylic acids is 2. The van der Waals surface area contributed by atoms with E-state index in [4.69, 9.17) is 5.11 Å². The molecule has 0 aliphatic carbocycles. The maximum Gasteiger partial charge on any atom is 0.255 e. The summed E-state index contributed by atoms with van der Waals surface area (Å²) in [6, 6.07) is 20.1. The number of benzene rings is 3. The summed E-state index contributed by atoms with van der Waals surface area (Å²) in [7, 11) is 0. The number of hydrogen-bond acceptors (Lipinski definition) is 7. The third kappa shape index (κ3) is 6.82. The number of aromatic nitrogens is 3. The van der Waals surface area contributed by atoms with Gasteiger partial charge in [0.05, 0.1) is 6.61 Å². The first-order chi connectivity index (χ1) is 18.7. The minimum atomic E-state index is -0.262. The highest BCUT2D eigenvalue weighted by molar-refractivity contribution is 6.05. The molecule has 0 saturated carbocycles. The second kappa shape index (κ2) is 11.8. The van der Waals surface area contributed by atoms with Crippen LogP contribution >= 0.6 is 0 Å². The van der Waals surface area contributed by atoms with Crippen molar-refractivity contribution in [2.75, 3.05) is 23.8 Å². The van der Waals surface area contributed by atoms with Gasteiger partial charge in [-0.2, -0.15) is 4.98 Å². The quantitative estimate of drug-likeness (QED) is 0.259. The van der Waals surface area contributed by atoms with Gasteiger partial charge in [0.1, 0.15) is 6.33 Å². The number of nitrogens with one attached hydrogen (secondary N) is 3. The molecule has 3 aromatic carbocycles. The van der Waals surface area contributed by atoms with Gasteiger partial charge in [0.15, 0.2) is 5.82 Å². The first-order valence-corrected chi connectivity index (χ1v) is 12.6. The minimum absolute atomic E-state index is 0.0127. The average Bonchev–Trinajstić information content (AvgIpc) is 2.93. The number of rotatable bonds is 8. The van der Waals surface area contributed by atoms with Gasteiger partial charge in [-0.15, -0.1) is 0 Å². The largest absolute Gasteiger partial charge is 0.395 e. The van der Waals surface area contributed by atoms with E-state index in [0.29, 0.717) is 34.3 Å². The third-order valence-electron chi connectivity index (χ3n) is 6.21. The molecule has 1 aromatic heterocycles. The van der Waals surface area contributed by atoms with E-state index < -0.39 is 0 Å². The molecule has 2 amide bonds. The second-order valence-electron chi connectivity index (χ2n) is 10.1. The van der Waals surface area contributed by atoms with Crippen LogP contribution in [-0.2, 0) is 5.41 Å². The molecule has 0 aliphatic heterocycles. The van der Waals surface area contributed by atoms with E-state index in [1.807, 2.05) is 49.4 Å². The summed E-state index contributed by atoms with van der Waals surface area (Å²) in [4.78, 5) is 38.1. The van der Waals surface area contributed by atoms with E-state index in [0.717, 1.165) is 16.7 Å². The number of anilines is 3. The van der Waals surface area contributed by atoms with Crippen LogP contribution < -0.4 is 16.0 Å². The predicted octanol–water partition coefficient (Wildman–Crippen LogP) is 4.86. The van der Waals surface area contributed by atoms with Crippen LogP contribution in [0.5, 0.6) is 0 Å². The summed E-state index contributed by atoms with van der Waals surface area (Å²) >= 11 is 0. The Balaban J connectivity index is 1.49. The molecule has 1 heterocycles. The van der Waals surface area contributed by atoms with Crippen molar-refractivity contribution in [1.29, 1.82) is 0 Å². The molecule has 200 valence electrons. The molecule has 0 atom stereocenters. The minimum Gasteiger partial charge on any atom is -0.395 e. The summed E-state index contributed by atoms with van der Waals surface area (Å²) in [5, 5.41) is 17.6. The fourth-order valence-corrected chi connectivity index (χ4v) is 3.92. The van der Waals surface area contributed by atoms with Gasteiger partial charge in [0, 0.05) is 34.6 Å². The first-order valence-electron chi connectivity index (χ1n) is 12.6. The molecule has 0 saturated heterocycles. The number of aliphatic hydroxyl groups excluding tert-OH is 1. The third-order valence-corrected chi connectivity index (χ3v) is 6.21. The lowest BCUT2D eigenvalue weighted by atomic mass is 9.86. The van der Waals surface area contributed by atoms with Crippen molar-refractivity contribution in [3.05, 3.63) is 95.3 Å². The smallest absolute Gasteiger partial charge is 0.255 e.